The molecule has 4 rings (SSSR count). The molecule has 27 heavy (non-hydrogen) atoms. The Morgan fingerprint density at radius 3 is 2.81 bits per heavy atom. The summed E-state index contributed by atoms with van der Waals surface area (Å²) in [7, 11) is 0. The largest absolute Gasteiger partial charge is 0.454 e. The van der Waals surface area contributed by atoms with E-state index in [1.54, 1.807) is 24.4 Å². The summed E-state index contributed by atoms with van der Waals surface area (Å²) >= 11 is 0. The Morgan fingerprint density at radius 2 is 1.89 bits per heavy atom. The Kier molecular flexibility index (Phi) is 5.00. The molecule has 1 aromatic heterocycles. The van der Waals surface area contributed by atoms with E-state index in [0.717, 1.165) is 17.1 Å². The zero-order valence-corrected chi connectivity index (χ0v) is 14.6. The molecule has 7 heteroatoms. The molecule has 0 amide bonds. The number of nitrogens with zero attached hydrogens (tertiary/aromatic N) is 2. The summed E-state index contributed by atoms with van der Waals surface area (Å²) in [6.07, 6.45) is 2.24. The van der Waals surface area contributed by atoms with Gasteiger partial charge >= 0.3 is 0 Å². The molecule has 2 N–H and O–H groups in total. The first kappa shape index (κ1) is 17.1. The molecule has 0 saturated heterocycles. The lowest BCUT2D eigenvalue weighted by atomic mass is 10.1. The molecular weight excluding hydrogens is 347 g/mol. The summed E-state index contributed by atoms with van der Waals surface area (Å²) in [6.45, 7) is 1.41. The van der Waals surface area contributed by atoms with Gasteiger partial charge in [-0.1, -0.05) is 24.3 Å². The monoisotopic (exact) mass is 366 g/mol. The first-order valence-corrected chi connectivity index (χ1v) is 8.71. The van der Waals surface area contributed by atoms with E-state index in [1.165, 1.54) is 6.07 Å². The van der Waals surface area contributed by atoms with Crippen molar-refractivity contribution in [2.45, 2.75) is 13.0 Å². The van der Waals surface area contributed by atoms with Gasteiger partial charge < -0.3 is 20.1 Å². The molecule has 0 radical (unpaired) electrons. The van der Waals surface area contributed by atoms with Gasteiger partial charge in [-0.2, -0.15) is 4.98 Å². The molecule has 3 aromatic rings. The van der Waals surface area contributed by atoms with Crippen LogP contribution in [0.25, 0.3) is 0 Å². The lowest BCUT2D eigenvalue weighted by Crippen LogP contribution is -2.10. The second kappa shape index (κ2) is 7.90. The minimum Gasteiger partial charge on any atom is -0.454 e. The van der Waals surface area contributed by atoms with Crippen LogP contribution in [0, 0.1) is 5.82 Å². The van der Waals surface area contributed by atoms with E-state index < -0.39 is 0 Å². The Hall–Kier alpha value is -3.35. The maximum absolute atomic E-state index is 13.6. The summed E-state index contributed by atoms with van der Waals surface area (Å²) in [4.78, 5) is 8.63. The van der Waals surface area contributed by atoms with Crippen LogP contribution in [-0.2, 0) is 13.0 Å². The topological polar surface area (TPSA) is 68.3 Å². The van der Waals surface area contributed by atoms with Crippen molar-refractivity contribution in [3.63, 3.8) is 0 Å². The standard InChI is InChI=1S/C20H19FN4O2/c21-16-4-2-1-3-15(16)7-9-22-20-23-10-8-19(25-20)24-12-14-5-6-17-18(11-14)27-13-26-17/h1-6,8,10-11H,7,9,12-13H2,(H2,22,23,24,25). The maximum atomic E-state index is 13.6. The third-order valence-electron chi connectivity index (χ3n) is 4.20. The highest BCUT2D eigenvalue weighted by atomic mass is 19.1. The number of fused-ring (bicyclic) bond motifs is 1. The minimum absolute atomic E-state index is 0.195. The van der Waals surface area contributed by atoms with Gasteiger partial charge in [-0.3, -0.25) is 0 Å². The molecule has 0 spiro atoms. The number of aromatic nitrogens is 2. The highest BCUT2D eigenvalue weighted by molar-refractivity contribution is 5.46. The summed E-state index contributed by atoms with van der Waals surface area (Å²) in [6, 6.07) is 14.4. The van der Waals surface area contributed by atoms with E-state index in [2.05, 4.69) is 20.6 Å². The predicted molar refractivity (Wildman–Crippen MR) is 101 cm³/mol. The van der Waals surface area contributed by atoms with E-state index in [-0.39, 0.29) is 12.6 Å². The number of halogens is 1. The Morgan fingerprint density at radius 1 is 1.00 bits per heavy atom. The fourth-order valence-corrected chi connectivity index (χ4v) is 2.80. The molecule has 6 nitrogen and oxygen atoms in total. The first-order valence-electron chi connectivity index (χ1n) is 8.71. The average molecular weight is 366 g/mol. The van der Waals surface area contributed by atoms with Gasteiger partial charge in [-0.25, -0.2) is 9.37 Å². The van der Waals surface area contributed by atoms with Crippen LogP contribution >= 0.6 is 0 Å². The molecule has 0 fully saturated rings. The number of nitrogens with one attached hydrogen (secondary N) is 2. The number of benzene rings is 2. The summed E-state index contributed by atoms with van der Waals surface area (Å²) in [5, 5.41) is 6.39. The van der Waals surface area contributed by atoms with Gasteiger partial charge in [0.05, 0.1) is 0 Å². The second-order valence-electron chi connectivity index (χ2n) is 6.07. The zero-order chi connectivity index (χ0) is 18.5. The molecule has 0 unspecified atom stereocenters. The fourth-order valence-electron chi connectivity index (χ4n) is 2.80. The van der Waals surface area contributed by atoms with Gasteiger partial charge in [0.1, 0.15) is 11.6 Å². The summed E-state index contributed by atoms with van der Waals surface area (Å²) < 4.78 is 24.3. The summed E-state index contributed by atoms with van der Waals surface area (Å²) in [5.41, 5.74) is 1.73. The van der Waals surface area contributed by atoms with Crippen LogP contribution in [0.5, 0.6) is 11.5 Å². The molecule has 2 aromatic carbocycles. The van der Waals surface area contributed by atoms with E-state index in [9.17, 15) is 4.39 Å². The molecule has 1 aliphatic heterocycles. The number of ether oxygens (including phenoxy) is 2. The van der Waals surface area contributed by atoms with Crippen molar-refractivity contribution in [2.24, 2.45) is 0 Å². The molecule has 2 heterocycles. The van der Waals surface area contributed by atoms with Gasteiger partial charge in [0, 0.05) is 19.3 Å². The normalized spacial score (nSPS) is 12.0. The van der Waals surface area contributed by atoms with Crippen LogP contribution in [0.1, 0.15) is 11.1 Å². The molecule has 0 bridgehead atoms. The van der Waals surface area contributed by atoms with Gasteiger partial charge in [-0.15, -0.1) is 0 Å². The van der Waals surface area contributed by atoms with Crippen LogP contribution in [0.3, 0.4) is 0 Å². The lowest BCUT2D eigenvalue weighted by molar-refractivity contribution is 0.174. The second-order valence-corrected chi connectivity index (χ2v) is 6.07. The number of rotatable bonds is 7. The van der Waals surface area contributed by atoms with Crippen molar-refractivity contribution >= 4 is 11.8 Å². The quantitative estimate of drug-likeness (QED) is 0.666. The molecule has 1 aliphatic rings. The zero-order valence-electron chi connectivity index (χ0n) is 14.6. The van der Waals surface area contributed by atoms with Gasteiger partial charge in [-0.05, 0) is 41.8 Å². The van der Waals surface area contributed by atoms with E-state index >= 15 is 0 Å². The van der Waals surface area contributed by atoms with Crippen LogP contribution in [0.4, 0.5) is 16.2 Å². The van der Waals surface area contributed by atoms with Crippen LogP contribution in [-0.4, -0.2) is 23.3 Å². The molecule has 0 saturated carbocycles. The molecule has 138 valence electrons. The fraction of sp³-hybridized carbons (Fsp3) is 0.200. The Balaban J connectivity index is 1.31. The summed E-state index contributed by atoms with van der Waals surface area (Å²) in [5.74, 6) is 2.53. The first-order chi connectivity index (χ1) is 13.3. The van der Waals surface area contributed by atoms with Crippen molar-refractivity contribution in [3.05, 3.63) is 71.7 Å². The van der Waals surface area contributed by atoms with Crippen LogP contribution in [0.2, 0.25) is 0 Å². The highest BCUT2D eigenvalue weighted by Crippen LogP contribution is 2.32. The highest BCUT2D eigenvalue weighted by Gasteiger charge is 2.13. The van der Waals surface area contributed by atoms with Crippen LogP contribution in [0.15, 0.2) is 54.7 Å². The van der Waals surface area contributed by atoms with Crippen molar-refractivity contribution in [1.29, 1.82) is 0 Å². The Bertz CT molecular complexity index is 935. The van der Waals surface area contributed by atoms with E-state index in [0.29, 0.717) is 36.8 Å². The van der Waals surface area contributed by atoms with Crippen LogP contribution < -0.4 is 20.1 Å². The average Bonchev–Trinajstić information content (AvgIpc) is 3.16. The predicted octanol–water partition coefficient (Wildman–Crippen LogP) is 3.61. The molecule has 0 atom stereocenters. The smallest absolute Gasteiger partial charge is 0.231 e. The van der Waals surface area contributed by atoms with Crippen molar-refractivity contribution < 1.29 is 13.9 Å². The van der Waals surface area contributed by atoms with Crippen molar-refractivity contribution in [1.82, 2.24) is 9.97 Å². The van der Waals surface area contributed by atoms with Crippen molar-refractivity contribution in [2.75, 3.05) is 24.0 Å². The third kappa shape index (κ3) is 4.25. The SMILES string of the molecule is Fc1ccccc1CCNc1nccc(NCc2ccc3c(c2)OCO3)n1. The van der Waals surface area contributed by atoms with Gasteiger partial charge in [0.15, 0.2) is 11.5 Å². The lowest BCUT2D eigenvalue weighted by Gasteiger charge is -2.09. The van der Waals surface area contributed by atoms with Gasteiger partial charge in [0.2, 0.25) is 12.7 Å². The molecular formula is C20H19FN4O2. The minimum atomic E-state index is -0.195. The Labute approximate surface area is 156 Å². The maximum Gasteiger partial charge on any atom is 0.231 e. The van der Waals surface area contributed by atoms with Gasteiger partial charge in [0.25, 0.3) is 0 Å². The number of hydrogen-bond acceptors (Lipinski definition) is 6. The number of hydrogen-bond donors (Lipinski definition) is 2. The van der Waals surface area contributed by atoms with E-state index in [1.807, 2.05) is 24.3 Å². The van der Waals surface area contributed by atoms with Crippen molar-refractivity contribution in [3.8, 4) is 11.5 Å². The van der Waals surface area contributed by atoms with E-state index in [4.69, 9.17) is 9.47 Å². The number of anilines is 2. The molecule has 0 aliphatic carbocycles. The third-order valence-corrected chi connectivity index (χ3v) is 4.20.